The molecule has 2 aromatic rings. The van der Waals surface area contributed by atoms with E-state index in [4.69, 9.17) is 9.84 Å². The van der Waals surface area contributed by atoms with Gasteiger partial charge in [-0.15, -0.1) is 0 Å². The summed E-state index contributed by atoms with van der Waals surface area (Å²) in [5, 5.41) is 23.0. The lowest BCUT2D eigenvalue weighted by Crippen LogP contribution is -2.45. The molecule has 5 nitrogen and oxygen atoms in total. The van der Waals surface area contributed by atoms with Gasteiger partial charge in [-0.2, -0.15) is 0 Å². The normalized spacial score (nSPS) is 16.2. The van der Waals surface area contributed by atoms with Gasteiger partial charge in [-0.1, -0.05) is 42.5 Å². The standard InChI is InChI=1S/C28H37NO4/c1-19-8-7-11-26(25(19)12-13-27(31)32)20(2)33-18-24(30)17-29-28(3,4)16-21-14-22-9-5-6-10-23(22)15-21/h5-13,20-21,24,29-30H,14-18H2,1-4H3,(H,31,32)/t20-,24-/m1/s1. The van der Waals surface area contributed by atoms with Crippen molar-refractivity contribution in [1.29, 1.82) is 0 Å². The van der Waals surface area contributed by atoms with E-state index in [9.17, 15) is 9.90 Å². The molecule has 3 rings (SSSR count). The van der Waals surface area contributed by atoms with Gasteiger partial charge in [0.2, 0.25) is 0 Å². The molecule has 0 saturated heterocycles. The van der Waals surface area contributed by atoms with Crippen LogP contribution >= 0.6 is 0 Å². The molecular weight excluding hydrogens is 414 g/mol. The van der Waals surface area contributed by atoms with Crippen molar-refractivity contribution in [3.63, 3.8) is 0 Å². The lowest BCUT2D eigenvalue weighted by Gasteiger charge is -2.31. The Bertz CT molecular complexity index is 957. The molecule has 0 amide bonds. The molecule has 1 aliphatic carbocycles. The molecule has 0 heterocycles. The van der Waals surface area contributed by atoms with Crippen LogP contribution in [0.2, 0.25) is 0 Å². The van der Waals surface area contributed by atoms with Crippen LogP contribution in [0, 0.1) is 12.8 Å². The van der Waals surface area contributed by atoms with Gasteiger partial charge in [0.25, 0.3) is 0 Å². The molecule has 0 bridgehead atoms. The summed E-state index contributed by atoms with van der Waals surface area (Å²) in [6, 6.07) is 14.5. The van der Waals surface area contributed by atoms with Crippen LogP contribution in [0.3, 0.4) is 0 Å². The number of aliphatic hydroxyl groups is 1. The molecule has 0 fully saturated rings. The third-order valence-electron chi connectivity index (χ3n) is 6.48. The fraction of sp³-hybridized carbons (Fsp3) is 0.464. The molecule has 0 aromatic heterocycles. The Morgan fingerprint density at radius 3 is 2.48 bits per heavy atom. The second-order valence-corrected chi connectivity index (χ2v) is 9.89. The van der Waals surface area contributed by atoms with Crippen LogP contribution in [0.25, 0.3) is 6.08 Å². The number of nitrogens with one attached hydrogen (secondary N) is 1. The molecule has 178 valence electrons. The number of carboxylic acid groups (broad SMARTS) is 1. The number of carboxylic acids is 1. The number of β-amino-alcohol motifs (C(OH)–C–C–N with tert-alkyl or cyclic N) is 1. The average Bonchev–Trinajstić information content (AvgIpc) is 3.16. The molecule has 0 unspecified atom stereocenters. The van der Waals surface area contributed by atoms with Crippen LogP contribution < -0.4 is 5.32 Å². The first-order valence-electron chi connectivity index (χ1n) is 11.8. The van der Waals surface area contributed by atoms with Crippen molar-refractivity contribution in [2.24, 2.45) is 5.92 Å². The summed E-state index contributed by atoms with van der Waals surface area (Å²) in [6.45, 7) is 8.92. The van der Waals surface area contributed by atoms with Crippen molar-refractivity contribution in [3.8, 4) is 0 Å². The molecule has 1 aliphatic rings. The maximum absolute atomic E-state index is 10.9. The minimum atomic E-state index is -0.983. The first-order valence-corrected chi connectivity index (χ1v) is 11.8. The minimum Gasteiger partial charge on any atom is -0.478 e. The second-order valence-electron chi connectivity index (χ2n) is 9.89. The first kappa shape index (κ1) is 25.2. The molecule has 0 spiro atoms. The maximum Gasteiger partial charge on any atom is 0.328 e. The zero-order valence-electron chi connectivity index (χ0n) is 20.2. The first-order chi connectivity index (χ1) is 15.6. The molecule has 2 atom stereocenters. The number of aliphatic hydroxyl groups excluding tert-OH is 1. The molecule has 0 aliphatic heterocycles. The molecule has 2 aromatic carbocycles. The van der Waals surface area contributed by atoms with Gasteiger partial charge in [0.1, 0.15) is 0 Å². The Morgan fingerprint density at radius 1 is 1.18 bits per heavy atom. The summed E-state index contributed by atoms with van der Waals surface area (Å²) in [6.07, 6.45) is 5.15. The van der Waals surface area contributed by atoms with Crippen molar-refractivity contribution < 1.29 is 19.7 Å². The predicted molar refractivity (Wildman–Crippen MR) is 132 cm³/mol. The highest BCUT2D eigenvalue weighted by molar-refractivity contribution is 5.86. The quantitative estimate of drug-likeness (QED) is 0.432. The minimum absolute atomic E-state index is 0.0787. The van der Waals surface area contributed by atoms with E-state index in [2.05, 4.69) is 43.4 Å². The van der Waals surface area contributed by atoms with Gasteiger partial charge in [-0.3, -0.25) is 0 Å². The fourth-order valence-electron chi connectivity index (χ4n) is 4.83. The maximum atomic E-state index is 10.9. The van der Waals surface area contributed by atoms with Gasteiger partial charge < -0.3 is 20.3 Å². The summed E-state index contributed by atoms with van der Waals surface area (Å²) in [4.78, 5) is 10.9. The lowest BCUT2D eigenvalue weighted by atomic mass is 9.88. The number of hydrogen-bond acceptors (Lipinski definition) is 4. The highest BCUT2D eigenvalue weighted by atomic mass is 16.5. The Kier molecular flexibility index (Phi) is 8.46. The number of ether oxygens (including phenoxy) is 1. The Labute approximate surface area is 197 Å². The van der Waals surface area contributed by atoms with Crippen LogP contribution in [-0.2, 0) is 22.4 Å². The van der Waals surface area contributed by atoms with Crippen molar-refractivity contribution in [1.82, 2.24) is 5.32 Å². The van der Waals surface area contributed by atoms with Crippen molar-refractivity contribution in [3.05, 3.63) is 76.4 Å². The SMILES string of the molecule is Cc1cccc([C@@H](C)OC[C@H](O)CNC(C)(C)CC2Cc3ccccc3C2)c1C=CC(=O)O. The van der Waals surface area contributed by atoms with Gasteiger partial charge in [0.05, 0.1) is 18.8 Å². The topological polar surface area (TPSA) is 78.8 Å². The van der Waals surface area contributed by atoms with E-state index in [-0.39, 0.29) is 18.2 Å². The number of aliphatic carboxylic acids is 1. The van der Waals surface area contributed by atoms with Gasteiger partial charge in [-0.05, 0) is 86.8 Å². The summed E-state index contributed by atoms with van der Waals surface area (Å²) in [5.74, 6) is -0.361. The Morgan fingerprint density at radius 2 is 1.85 bits per heavy atom. The third-order valence-corrected chi connectivity index (χ3v) is 6.48. The molecule has 0 radical (unpaired) electrons. The summed E-state index contributed by atoms with van der Waals surface area (Å²) >= 11 is 0. The van der Waals surface area contributed by atoms with Crippen LogP contribution in [0.1, 0.15) is 61.1 Å². The van der Waals surface area contributed by atoms with E-state index in [1.165, 1.54) is 11.1 Å². The van der Waals surface area contributed by atoms with E-state index in [1.54, 1.807) is 6.08 Å². The van der Waals surface area contributed by atoms with Gasteiger partial charge >= 0.3 is 5.97 Å². The predicted octanol–water partition coefficient (Wildman–Crippen LogP) is 4.70. The van der Waals surface area contributed by atoms with E-state index in [0.29, 0.717) is 12.5 Å². The Balaban J connectivity index is 1.48. The van der Waals surface area contributed by atoms with Crippen LogP contribution in [0.5, 0.6) is 0 Å². The van der Waals surface area contributed by atoms with Crippen LogP contribution in [-0.4, -0.2) is 41.0 Å². The Hall–Kier alpha value is -2.47. The zero-order valence-corrected chi connectivity index (χ0v) is 20.2. The number of fused-ring (bicyclic) bond motifs is 1. The fourth-order valence-corrected chi connectivity index (χ4v) is 4.83. The number of hydrogen-bond donors (Lipinski definition) is 3. The number of carbonyl (C=O) groups is 1. The van der Waals surface area contributed by atoms with E-state index >= 15 is 0 Å². The van der Waals surface area contributed by atoms with Gasteiger partial charge in [-0.25, -0.2) is 4.79 Å². The summed E-state index contributed by atoms with van der Waals surface area (Å²) < 4.78 is 5.96. The zero-order chi connectivity index (χ0) is 24.0. The number of aryl methyl sites for hydroxylation is 1. The van der Waals surface area contributed by atoms with E-state index < -0.39 is 12.1 Å². The third kappa shape index (κ3) is 7.26. The van der Waals surface area contributed by atoms with Crippen molar-refractivity contribution in [2.45, 2.75) is 64.7 Å². The van der Waals surface area contributed by atoms with Crippen LogP contribution in [0.15, 0.2) is 48.5 Å². The second kappa shape index (κ2) is 11.1. The average molecular weight is 452 g/mol. The summed E-state index contributed by atoms with van der Waals surface area (Å²) in [5.41, 5.74) is 5.60. The molecule has 0 saturated carbocycles. The van der Waals surface area contributed by atoms with Crippen molar-refractivity contribution in [2.75, 3.05) is 13.2 Å². The van der Waals surface area contributed by atoms with E-state index in [0.717, 1.165) is 42.0 Å². The summed E-state index contributed by atoms with van der Waals surface area (Å²) in [7, 11) is 0. The molecule has 33 heavy (non-hydrogen) atoms. The van der Waals surface area contributed by atoms with Crippen molar-refractivity contribution >= 4 is 12.0 Å². The van der Waals surface area contributed by atoms with Gasteiger partial charge in [0.15, 0.2) is 0 Å². The van der Waals surface area contributed by atoms with Crippen LogP contribution in [0.4, 0.5) is 0 Å². The number of rotatable bonds is 11. The monoisotopic (exact) mass is 451 g/mol. The molecule has 3 N–H and O–H groups in total. The van der Waals surface area contributed by atoms with E-state index in [1.807, 2.05) is 32.0 Å². The molecule has 5 heteroatoms. The molecular formula is C28H37NO4. The van der Waals surface area contributed by atoms with Gasteiger partial charge in [0, 0.05) is 18.2 Å². The lowest BCUT2D eigenvalue weighted by molar-refractivity contribution is -0.131. The number of benzene rings is 2. The largest absolute Gasteiger partial charge is 0.478 e. The highest BCUT2D eigenvalue weighted by Crippen LogP contribution is 2.32. The smallest absolute Gasteiger partial charge is 0.328 e. The highest BCUT2D eigenvalue weighted by Gasteiger charge is 2.28.